The first-order valence-corrected chi connectivity index (χ1v) is 6.67. The summed E-state index contributed by atoms with van der Waals surface area (Å²) in [6.45, 7) is 0. The second-order valence-electron chi connectivity index (χ2n) is 3.55. The number of benzene rings is 1. The van der Waals surface area contributed by atoms with E-state index in [0.29, 0.717) is 14.5 Å². The number of anilines is 2. The Morgan fingerprint density at radius 2 is 1.84 bits per heavy atom. The van der Waals surface area contributed by atoms with Gasteiger partial charge in [-0.25, -0.2) is 14.8 Å². The van der Waals surface area contributed by atoms with E-state index in [4.69, 9.17) is 16.6 Å². The van der Waals surface area contributed by atoms with Crippen molar-refractivity contribution in [3.05, 3.63) is 34.3 Å². The van der Waals surface area contributed by atoms with Gasteiger partial charge in [0.15, 0.2) is 5.16 Å². The maximum Gasteiger partial charge on any atom is 0.336 e. The summed E-state index contributed by atoms with van der Waals surface area (Å²) in [7, 11) is 0. The second-order valence-corrected chi connectivity index (χ2v) is 5.47. The zero-order valence-electron chi connectivity index (χ0n) is 9.50. The first-order chi connectivity index (χ1) is 8.95. The van der Waals surface area contributed by atoms with Crippen molar-refractivity contribution in [2.45, 2.75) is 10.1 Å². The number of carboxylic acids is 1. The van der Waals surface area contributed by atoms with Crippen LogP contribution in [0.4, 0.5) is 11.6 Å². The van der Waals surface area contributed by atoms with Gasteiger partial charge < -0.3 is 16.6 Å². The van der Waals surface area contributed by atoms with E-state index in [1.54, 1.807) is 12.1 Å². The van der Waals surface area contributed by atoms with Gasteiger partial charge in [-0.05, 0) is 30.0 Å². The molecule has 1 aromatic heterocycles. The first-order valence-electron chi connectivity index (χ1n) is 5.06. The van der Waals surface area contributed by atoms with Crippen LogP contribution in [0.1, 0.15) is 10.4 Å². The Hall–Kier alpha value is -1.80. The van der Waals surface area contributed by atoms with E-state index < -0.39 is 5.97 Å². The summed E-state index contributed by atoms with van der Waals surface area (Å²) >= 11 is 4.33. The lowest BCUT2D eigenvalue weighted by atomic mass is 10.2. The summed E-state index contributed by atoms with van der Waals surface area (Å²) < 4.78 is 0.683. The molecule has 5 N–H and O–H groups in total. The van der Waals surface area contributed by atoms with Crippen molar-refractivity contribution in [2.75, 3.05) is 11.5 Å². The summed E-state index contributed by atoms with van der Waals surface area (Å²) in [5.74, 6) is -0.548. The van der Waals surface area contributed by atoms with Gasteiger partial charge in [-0.3, -0.25) is 0 Å². The molecule has 1 heterocycles. The number of aromatic carboxylic acids is 1. The number of nitrogen functional groups attached to an aromatic ring is 2. The molecule has 0 saturated heterocycles. The van der Waals surface area contributed by atoms with Crippen LogP contribution in [0.25, 0.3) is 0 Å². The summed E-state index contributed by atoms with van der Waals surface area (Å²) in [5.41, 5.74) is 11.3. The van der Waals surface area contributed by atoms with E-state index in [1.807, 2.05) is 0 Å². The predicted molar refractivity (Wildman–Crippen MR) is 76.1 cm³/mol. The molecule has 0 aliphatic heterocycles. The molecule has 98 valence electrons. The molecule has 0 atom stereocenters. The molecule has 1 aromatic carbocycles. The molecule has 0 amide bonds. The SMILES string of the molecule is Nc1cc(N)nc(Sc2ccc(Br)cc2C(=O)O)n1. The Morgan fingerprint density at radius 3 is 2.42 bits per heavy atom. The highest BCUT2D eigenvalue weighted by molar-refractivity contribution is 9.10. The van der Waals surface area contributed by atoms with E-state index in [9.17, 15) is 4.79 Å². The number of nitrogens with zero attached hydrogens (tertiary/aromatic N) is 2. The molecule has 0 radical (unpaired) electrons. The Kier molecular flexibility index (Phi) is 3.91. The molecule has 0 fully saturated rings. The van der Waals surface area contributed by atoms with Crippen molar-refractivity contribution in [3.63, 3.8) is 0 Å². The smallest absolute Gasteiger partial charge is 0.336 e. The van der Waals surface area contributed by atoms with E-state index in [-0.39, 0.29) is 17.2 Å². The minimum absolute atomic E-state index is 0.156. The Morgan fingerprint density at radius 1 is 1.21 bits per heavy atom. The van der Waals surface area contributed by atoms with Crippen LogP contribution < -0.4 is 11.5 Å². The zero-order valence-corrected chi connectivity index (χ0v) is 11.9. The van der Waals surface area contributed by atoms with E-state index in [1.165, 1.54) is 12.1 Å². The Labute approximate surface area is 121 Å². The lowest BCUT2D eigenvalue weighted by Crippen LogP contribution is -2.01. The van der Waals surface area contributed by atoms with Gasteiger partial charge in [0.05, 0.1) is 5.56 Å². The second kappa shape index (κ2) is 5.45. The summed E-state index contributed by atoms with van der Waals surface area (Å²) in [6, 6.07) is 6.36. The molecule has 0 spiro atoms. The fourth-order valence-electron chi connectivity index (χ4n) is 1.36. The normalized spacial score (nSPS) is 10.4. The van der Waals surface area contributed by atoms with Crippen LogP contribution in [-0.2, 0) is 0 Å². The number of rotatable bonds is 3. The third kappa shape index (κ3) is 3.36. The van der Waals surface area contributed by atoms with Crippen molar-refractivity contribution in [1.82, 2.24) is 9.97 Å². The van der Waals surface area contributed by atoms with Gasteiger partial charge in [0.1, 0.15) is 11.6 Å². The standard InChI is InChI=1S/C11H9BrN4O2S/c12-5-1-2-7(6(3-5)10(17)18)19-11-15-8(13)4-9(14)16-11/h1-4H,(H,17,18)(H4,13,14,15,16). The number of carbonyl (C=O) groups is 1. The average Bonchev–Trinajstić information content (AvgIpc) is 2.30. The molecule has 19 heavy (non-hydrogen) atoms. The lowest BCUT2D eigenvalue weighted by Gasteiger charge is -2.06. The summed E-state index contributed by atoms with van der Waals surface area (Å²) in [5, 5.41) is 9.46. The van der Waals surface area contributed by atoms with Gasteiger partial charge in [-0.15, -0.1) is 0 Å². The van der Waals surface area contributed by atoms with Gasteiger partial charge in [-0.2, -0.15) is 0 Å². The minimum Gasteiger partial charge on any atom is -0.478 e. The zero-order chi connectivity index (χ0) is 14.0. The van der Waals surface area contributed by atoms with Crippen LogP contribution in [0, 0.1) is 0 Å². The van der Waals surface area contributed by atoms with Crippen molar-refractivity contribution in [2.24, 2.45) is 0 Å². The average molecular weight is 341 g/mol. The molecule has 0 aliphatic carbocycles. The molecular formula is C11H9BrN4O2S. The maximum atomic E-state index is 11.2. The maximum absolute atomic E-state index is 11.2. The fraction of sp³-hybridized carbons (Fsp3) is 0. The molecule has 0 bridgehead atoms. The number of carboxylic acid groups (broad SMARTS) is 1. The molecule has 2 aromatic rings. The number of hydrogen-bond acceptors (Lipinski definition) is 6. The third-order valence-corrected chi connectivity index (χ3v) is 3.55. The number of aromatic nitrogens is 2. The quantitative estimate of drug-likeness (QED) is 0.733. The van der Waals surface area contributed by atoms with Gasteiger partial charge >= 0.3 is 5.97 Å². The number of nitrogens with two attached hydrogens (primary N) is 2. The van der Waals surface area contributed by atoms with Crippen LogP contribution in [0.15, 0.2) is 38.8 Å². The minimum atomic E-state index is -1.03. The molecular weight excluding hydrogens is 332 g/mol. The molecule has 0 saturated carbocycles. The van der Waals surface area contributed by atoms with E-state index in [0.717, 1.165) is 11.8 Å². The van der Waals surface area contributed by atoms with Crippen LogP contribution in [0.3, 0.4) is 0 Å². The molecule has 0 unspecified atom stereocenters. The van der Waals surface area contributed by atoms with Gasteiger partial charge in [-0.1, -0.05) is 15.9 Å². The third-order valence-electron chi connectivity index (χ3n) is 2.12. The first kappa shape index (κ1) is 13.6. The Balaban J connectivity index is 2.40. The van der Waals surface area contributed by atoms with Crippen molar-refractivity contribution in [1.29, 1.82) is 0 Å². The number of hydrogen-bond donors (Lipinski definition) is 3. The van der Waals surface area contributed by atoms with Crippen molar-refractivity contribution >= 4 is 45.3 Å². The highest BCUT2D eigenvalue weighted by atomic mass is 79.9. The van der Waals surface area contributed by atoms with Crippen LogP contribution in [-0.4, -0.2) is 21.0 Å². The topological polar surface area (TPSA) is 115 Å². The molecule has 2 rings (SSSR count). The molecule has 8 heteroatoms. The van der Waals surface area contributed by atoms with Crippen molar-refractivity contribution < 1.29 is 9.90 Å². The molecule has 6 nitrogen and oxygen atoms in total. The van der Waals surface area contributed by atoms with Crippen molar-refractivity contribution in [3.8, 4) is 0 Å². The fourth-order valence-corrected chi connectivity index (χ4v) is 2.62. The summed E-state index contributed by atoms with van der Waals surface area (Å²) in [4.78, 5) is 19.7. The van der Waals surface area contributed by atoms with E-state index in [2.05, 4.69) is 25.9 Å². The number of halogens is 1. The largest absolute Gasteiger partial charge is 0.478 e. The highest BCUT2D eigenvalue weighted by Gasteiger charge is 2.13. The van der Waals surface area contributed by atoms with Gasteiger partial charge in [0, 0.05) is 15.4 Å². The summed E-state index contributed by atoms with van der Waals surface area (Å²) in [6.07, 6.45) is 0. The van der Waals surface area contributed by atoms with Crippen LogP contribution in [0.5, 0.6) is 0 Å². The van der Waals surface area contributed by atoms with Crippen LogP contribution in [0.2, 0.25) is 0 Å². The lowest BCUT2D eigenvalue weighted by molar-refractivity contribution is 0.0693. The molecule has 0 aliphatic rings. The predicted octanol–water partition coefficient (Wildman–Crippen LogP) is 2.25. The van der Waals surface area contributed by atoms with E-state index >= 15 is 0 Å². The van der Waals surface area contributed by atoms with Crippen LogP contribution >= 0.6 is 27.7 Å². The monoisotopic (exact) mass is 340 g/mol. The van der Waals surface area contributed by atoms with Gasteiger partial charge in [0.2, 0.25) is 0 Å². The highest BCUT2D eigenvalue weighted by Crippen LogP contribution is 2.30. The van der Waals surface area contributed by atoms with Gasteiger partial charge in [0.25, 0.3) is 0 Å². The Bertz CT molecular complexity index is 630.